The maximum absolute atomic E-state index is 5.86. The number of hydrogen-bond donors (Lipinski definition) is 2. The van der Waals surface area contributed by atoms with Crippen LogP contribution in [0.1, 0.15) is 11.3 Å². The lowest BCUT2D eigenvalue weighted by molar-refractivity contribution is 0.910. The Balaban J connectivity index is 1.59. The molecule has 0 fully saturated rings. The first kappa shape index (κ1) is 14.3. The quantitative estimate of drug-likeness (QED) is 0.602. The van der Waals surface area contributed by atoms with Crippen molar-refractivity contribution in [3.05, 3.63) is 59.9 Å². The van der Waals surface area contributed by atoms with E-state index in [2.05, 4.69) is 56.3 Å². The summed E-state index contributed by atoms with van der Waals surface area (Å²) in [7, 11) is 0. The van der Waals surface area contributed by atoms with Gasteiger partial charge < -0.3 is 11.5 Å². The molecule has 0 saturated heterocycles. The Labute approximate surface area is 138 Å². The van der Waals surface area contributed by atoms with Crippen LogP contribution in [0.3, 0.4) is 0 Å². The van der Waals surface area contributed by atoms with Crippen LogP contribution in [0.4, 0.5) is 11.8 Å². The molecule has 0 saturated carbocycles. The van der Waals surface area contributed by atoms with Crippen molar-refractivity contribution < 1.29 is 0 Å². The molecule has 0 spiro atoms. The molecule has 0 aliphatic carbocycles. The first-order valence-corrected chi connectivity index (χ1v) is 7.71. The van der Waals surface area contributed by atoms with Gasteiger partial charge in [0.1, 0.15) is 0 Å². The standard InChI is InChI=1S/C18H16N6/c19-16-15-17(24-18(20)23-16)21-10-14(22-15)8-6-11-5-7-12-3-1-2-4-13(12)9-11/h1-5,7,9-10H,6,8H2,(H4,19,20,21,23,24). The van der Waals surface area contributed by atoms with Gasteiger partial charge in [0.15, 0.2) is 17.0 Å². The summed E-state index contributed by atoms with van der Waals surface area (Å²) in [5, 5.41) is 2.49. The number of nitrogen functional groups attached to an aromatic ring is 2. The van der Waals surface area contributed by atoms with Crippen LogP contribution in [0.25, 0.3) is 21.9 Å². The van der Waals surface area contributed by atoms with Crippen LogP contribution < -0.4 is 11.5 Å². The fourth-order valence-electron chi connectivity index (χ4n) is 2.77. The summed E-state index contributed by atoms with van der Waals surface area (Å²) in [6.07, 6.45) is 3.36. The molecular formula is C18H16N6. The van der Waals surface area contributed by atoms with Gasteiger partial charge in [-0.2, -0.15) is 9.97 Å². The second kappa shape index (κ2) is 5.73. The number of aromatic nitrogens is 4. The number of nitrogens with two attached hydrogens (primary N) is 2. The second-order valence-corrected chi connectivity index (χ2v) is 5.68. The predicted molar refractivity (Wildman–Crippen MR) is 95.3 cm³/mol. The van der Waals surface area contributed by atoms with Crippen molar-refractivity contribution in [1.29, 1.82) is 0 Å². The van der Waals surface area contributed by atoms with Crippen molar-refractivity contribution >= 4 is 33.7 Å². The van der Waals surface area contributed by atoms with Crippen LogP contribution in [0.15, 0.2) is 48.7 Å². The normalized spacial score (nSPS) is 11.2. The van der Waals surface area contributed by atoms with Gasteiger partial charge in [-0.25, -0.2) is 9.97 Å². The SMILES string of the molecule is Nc1nc(N)c2nc(CCc3ccc4ccccc4c3)cnc2n1. The van der Waals surface area contributed by atoms with E-state index in [-0.39, 0.29) is 11.8 Å². The summed E-state index contributed by atoms with van der Waals surface area (Å²) in [5.74, 6) is 0.371. The van der Waals surface area contributed by atoms with Crippen molar-refractivity contribution in [2.24, 2.45) is 0 Å². The smallest absolute Gasteiger partial charge is 0.224 e. The molecule has 2 aromatic heterocycles. The molecule has 0 radical (unpaired) electrons. The molecule has 0 aliphatic heterocycles. The van der Waals surface area contributed by atoms with E-state index in [0.717, 1.165) is 18.5 Å². The van der Waals surface area contributed by atoms with E-state index in [1.807, 2.05) is 6.07 Å². The Morgan fingerprint density at radius 1 is 0.833 bits per heavy atom. The molecule has 0 unspecified atom stereocenters. The molecule has 2 heterocycles. The summed E-state index contributed by atoms with van der Waals surface area (Å²) in [4.78, 5) is 16.8. The molecule has 6 nitrogen and oxygen atoms in total. The van der Waals surface area contributed by atoms with E-state index in [4.69, 9.17) is 11.5 Å². The third-order valence-electron chi connectivity index (χ3n) is 3.98. The lowest BCUT2D eigenvalue weighted by atomic mass is 10.0. The van der Waals surface area contributed by atoms with E-state index in [1.54, 1.807) is 6.20 Å². The number of nitrogens with zero attached hydrogens (tertiary/aromatic N) is 4. The van der Waals surface area contributed by atoms with E-state index in [0.29, 0.717) is 11.2 Å². The number of aryl methyl sites for hydroxylation is 2. The number of fused-ring (bicyclic) bond motifs is 2. The van der Waals surface area contributed by atoms with E-state index >= 15 is 0 Å². The molecule has 4 rings (SSSR count). The topological polar surface area (TPSA) is 104 Å². The molecule has 0 amide bonds. The zero-order chi connectivity index (χ0) is 16.5. The van der Waals surface area contributed by atoms with Gasteiger partial charge in [0.25, 0.3) is 0 Å². The van der Waals surface area contributed by atoms with Gasteiger partial charge in [0, 0.05) is 0 Å². The molecule has 0 aliphatic rings. The lowest BCUT2D eigenvalue weighted by Crippen LogP contribution is -2.05. The van der Waals surface area contributed by atoms with Crippen molar-refractivity contribution in [1.82, 2.24) is 19.9 Å². The van der Waals surface area contributed by atoms with Crippen molar-refractivity contribution in [2.75, 3.05) is 11.5 Å². The summed E-state index contributed by atoms with van der Waals surface area (Å²) in [6.45, 7) is 0. The number of rotatable bonds is 3. The van der Waals surface area contributed by atoms with Gasteiger partial charge in [0.2, 0.25) is 5.95 Å². The minimum absolute atomic E-state index is 0.109. The van der Waals surface area contributed by atoms with E-state index in [1.165, 1.54) is 16.3 Å². The molecule has 4 N–H and O–H groups in total. The van der Waals surface area contributed by atoms with Crippen LogP contribution >= 0.6 is 0 Å². The lowest BCUT2D eigenvalue weighted by Gasteiger charge is -2.06. The van der Waals surface area contributed by atoms with Gasteiger partial charge >= 0.3 is 0 Å². The maximum atomic E-state index is 5.86. The highest BCUT2D eigenvalue weighted by atomic mass is 15.1. The zero-order valence-corrected chi connectivity index (χ0v) is 13.0. The molecule has 118 valence electrons. The summed E-state index contributed by atoms with van der Waals surface area (Å²) < 4.78 is 0. The number of benzene rings is 2. The molecule has 2 aromatic carbocycles. The minimum Gasteiger partial charge on any atom is -0.382 e. The number of hydrogen-bond acceptors (Lipinski definition) is 6. The van der Waals surface area contributed by atoms with Crippen LogP contribution in [0.2, 0.25) is 0 Å². The average Bonchev–Trinajstić information content (AvgIpc) is 2.60. The minimum atomic E-state index is 0.109. The molecule has 6 heteroatoms. The zero-order valence-electron chi connectivity index (χ0n) is 13.0. The monoisotopic (exact) mass is 316 g/mol. The third kappa shape index (κ3) is 2.69. The van der Waals surface area contributed by atoms with Crippen LogP contribution in [-0.2, 0) is 12.8 Å². The second-order valence-electron chi connectivity index (χ2n) is 5.68. The molecule has 24 heavy (non-hydrogen) atoms. The predicted octanol–water partition coefficient (Wildman–Crippen LogP) is 2.52. The first-order valence-electron chi connectivity index (χ1n) is 7.71. The van der Waals surface area contributed by atoms with Crippen molar-refractivity contribution in [3.63, 3.8) is 0 Å². The Kier molecular flexibility index (Phi) is 3.42. The maximum Gasteiger partial charge on any atom is 0.224 e. The fraction of sp³-hybridized carbons (Fsp3) is 0.111. The first-order chi connectivity index (χ1) is 11.7. The van der Waals surface area contributed by atoms with Crippen LogP contribution in [0.5, 0.6) is 0 Å². The van der Waals surface area contributed by atoms with Gasteiger partial charge in [-0.05, 0) is 29.2 Å². The Morgan fingerprint density at radius 3 is 2.54 bits per heavy atom. The largest absolute Gasteiger partial charge is 0.382 e. The van der Waals surface area contributed by atoms with Crippen molar-refractivity contribution in [2.45, 2.75) is 12.8 Å². The molecule has 0 atom stereocenters. The van der Waals surface area contributed by atoms with Gasteiger partial charge in [-0.1, -0.05) is 42.5 Å². The van der Waals surface area contributed by atoms with E-state index in [9.17, 15) is 0 Å². The Morgan fingerprint density at radius 2 is 1.67 bits per heavy atom. The summed E-state index contributed by atoms with van der Waals surface area (Å²) in [6, 6.07) is 14.8. The highest BCUT2D eigenvalue weighted by Gasteiger charge is 2.08. The summed E-state index contributed by atoms with van der Waals surface area (Å²) in [5.41, 5.74) is 14.5. The highest BCUT2D eigenvalue weighted by molar-refractivity contribution is 5.83. The Bertz CT molecular complexity index is 1040. The fourth-order valence-corrected chi connectivity index (χ4v) is 2.77. The van der Waals surface area contributed by atoms with Crippen LogP contribution in [-0.4, -0.2) is 19.9 Å². The molecule has 4 aromatic rings. The third-order valence-corrected chi connectivity index (χ3v) is 3.98. The van der Waals surface area contributed by atoms with Crippen molar-refractivity contribution in [3.8, 4) is 0 Å². The highest BCUT2D eigenvalue weighted by Crippen LogP contribution is 2.18. The van der Waals surface area contributed by atoms with Gasteiger partial charge in [-0.3, -0.25) is 0 Å². The molecule has 0 bridgehead atoms. The Hall–Kier alpha value is -3.28. The van der Waals surface area contributed by atoms with E-state index < -0.39 is 0 Å². The van der Waals surface area contributed by atoms with Crippen LogP contribution in [0, 0.1) is 0 Å². The summed E-state index contributed by atoms with van der Waals surface area (Å²) >= 11 is 0. The van der Waals surface area contributed by atoms with Gasteiger partial charge in [0.05, 0.1) is 11.9 Å². The number of anilines is 2. The molecular weight excluding hydrogens is 300 g/mol. The average molecular weight is 316 g/mol. The van der Waals surface area contributed by atoms with Gasteiger partial charge in [-0.15, -0.1) is 0 Å².